The molecule has 20 heavy (non-hydrogen) atoms. The third-order valence-corrected chi connectivity index (χ3v) is 4.00. The van der Waals surface area contributed by atoms with Gasteiger partial charge in [-0.15, -0.1) is 0 Å². The Hall–Kier alpha value is -2.15. The molecule has 1 aliphatic rings. The highest BCUT2D eigenvalue weighted by Crippen LogP contribution is 2.36. The maximum absolute atomic E-state index is 12.9. The van der Waals surface area contributed by atoms with Crippen LogP contribution in [0.4, 0.5) is 4.39 Å². The molecular formula is C16H17FN2O. The van der Waals surface area contributed by atoms with Gasteiger partial charge >= 0.3 is 0 Å². The number of benzene rings is 1. The van der Waals surface area contributed by atoms with Crippen molar-refractivity contribution in [3.63, 3.8) is 0 Å². The number of halogens is 1. The van der Waals surface area contributed by atoms with E-state index in [1.54, 1.807) is 26.1 Å². The Bertz CT molecular complexity index is 579. The quantitative estimate of drug-likeness (QED) is 0.793. The van der Waals surface area contributed by atoms with Crippen LogP contribution in [0, 0.1) is 17.1 Å². The minimum absolute atomic E-state index is 0.187. The van der Waals surface area contributed by atoms with E-state index in [9.17, 15) is 14.4 Å². The van der Waals surface area contributed by atoms with Gasteiger partial charge < -0.3 is 4.90 Å². The van der Waals surface area contributed by atoms with Crippen molar-refractivity contribution < 1.29 is 9.18 Å². The highest BCUT2D eigenvalue weighted by Gasteiger charge is 2.42. The SMILES string of the molecule is CC(=CC(=O)N(C)C1(C#N)CCC1)c1ccc(F)cc1. The predicted octanol–water partition coefficient (Wildman–Crippen LogP) is 3.13. The topological polar surface area (TPSA) is 44.1 Å². The van der Waals surface area contributed by atoms with Gasteiger partial charge in [0.1, 0.15) is 11.4 Å². The van der Waals surface area contributed by atoms with Crippen molar-refractivity contribution in [3.8, 4) is 6.07 Å². The zero-order valence-electron chi connectivity index (χ0n) is 11.7. The molecule has 1 aliphatic carbocycles. The second-order valence-electron chi connectivity index (χ2n) is 5.23. The molecule has 0 unspecified atom stereocenters. The van der Waals surface area contributed by atoms with Gasteiger partial charge in [0.25, 0.3) is 0 Å². The summed E-state index contributed by atoms with van der Waals surface area (Å²) in [4.78, 5) is 13.7. The van der Waals surface area contributed by atoms with Gasteiger partial charge in [0.15, 0.2) is 0 Å². The summed E-state index contributed by atoms with van der Waals surface area (Å²) in [6.45, 7) is 1.80. The van der Waals surface area contributed by atoms with E-state index < -0.39 is 5.54 Å². The molecule has 104 valence electrons. The lowest BCUT2D eigenvalue weighted by Crippen LogP contribution is -2.52. The highest BCUT2D eigenvalue weighted by molar-refractivity contribution is 5.95. The van der Waals surface area contributed by atoms with E-state index in [0.29, 0.717) is 0 Å². The summed E-state index contributed by atoms with van der Waals surface area (Å²) in [6.07, 6.45) is 3.95. The molecular weight excluding hydrogens is 255 g/mol. The number of rotatable bonds is 3. The molecule has 3 nitrogen and oxygen atoms in total. The molecule has 0 aliphatic heterocycles. The molecule has 0 radical (unpaired) electrons. The average Bonchev–Trinajstić information content (AvgIpc) is 2.38. The predicted molar refractivity (Wildman–Crippen MR) is 75.0 cm³/mol. The Kier molecular flexibility index (Phi) is 3.89. The van der Waals surface area contributed by atoms with Crippen LogP contribution in [0.15, 0.2) is 30.3 Å². The summed E-state index contributed by atoms with van der Waals surface area (Å²) in [5.41, 5.74) is 0.915. The summed E-state index contributed by atoms with van der Waals surface area (Å²) in [6, 6.07) is 8.25. The van der Waals surface area contributed by atoms with Gasteiger partial charge in [-0.1, -0.05) is 12.1 Å². The lowest BCUT2D eigenvalue weighted by Gasteiger charge is -2.42. The summed E-state index contributed by atoms with van der Waals surface area (Å²) in [7, 11) is 1.67. The fraction of sp³-hybridized carbons (Fsp3) is 0.375. The zero-order chi connectivity index (χ0) is 14.8. The van der Waals surface area contributed by atoms with Gasteiger partial charge in [0.2, 0.25) is 5.91 Å². The highest BCUT2D eigenvalue weighted by atomic mass is 19.1. The molecule has 0 heterocycles. The smallest absolute Gasteiger partial charge is 0.247 e. The van der Waals surface area contributed by atoms with Crippen LogP contribution in [-0.2, 0) is 4.79 Å². The summed E-state index contributed by atoms with van der Waals surface area (Å²) < 4.78 is 12.9. The fourth-order valence-electron chi connectivity index (χ4n) is 2.32. The lowest BCUT2D eigenvalue weighted by molar-refractivity contribution is -0.130. The number of likely N-dealkylation sites (N-methyl/N-ethyl adjacent to an activating group) is 1. The molecule has 1 saturated carbocycles. The van der Waals surface area contributed by atoms with Gasteiger partial charge in [-0.25, -0.2) is 4.39 Å². The van der Waals surface area contributed by atoms with E-state index in [0.717, 1.165) is 30.4 Å². The Morgan fingerprint density at radius 3 is 2.45 bits per heavy atom. The largest absolute Gasteiger partial charge is 0.323 e. The van der Waals surface area contributed by atoms with Gasteiger partial charge in [0.05, 0.1) is 6.07 Å². The Morgan fingerprint density at radius 1 is 1.40 bits per heavy atom. The molecule has 0 atom stereocenters. The number of allylic oxidation sites excluding steroid dienone is 1. The monoisotopic (exact) mass is 272 g/mol. The normalized spacial score (nSPS) is 17.0. The molecule has 0 aromatic heterocycles. The standard InChI is InChI=1S/C16H17FN2O/c1-12(13-4-6-14(17)7-5-13)10-15(20)19(2)16(11-18)8-3-9-16/h4-7,10H,3,8-9H2,1-2H3. The molecule has 1 amide bonds. The van der Waals surface area contributed by atoms with E-state index in [4.69, 9.17) is 0 Å². The maximum atomic E-state index is 12.9. The minimum atomic E-state index is -0.642. The van der Waals surface area contributed by atoms with Crippen LogP contribution in [0.1, 0.15) is 31.7 Å². The number of carbonyl (C=O) groups excluding carboxylic acids is 1. The number of nitrogens with zero attached hydrogens (tertiary/aromatic N) is 2. The Balaban J connectivity index is 2.15. The molecule has 2 rings (SSSR count). The molecule has 0 saturated heterocycles. The van der Waals surface area contributed by atoms with Crippen LogP contribution in [0.5, 0.6) is 0 Å². The van der Waals surface area contributed by atoms with Crippen molar-refractivity contribution in [2.45, 2.75) is 31.7 Å². The Morgan fingerprint density at radius 2 is 2.00 bits per heavy atom. The van der Waals surface area contributed by atoms with Crippen molar-refractivity contribution in [1.82, 2.24) is 4.90 Å². The number of amides is 1. The number of hydrogen-bond acceptors (Lipinski definition) is 2. The molecule has 0 bridgehead atoms. The second-order valence-corrected chi connectivity index (χ2v) is 5.23. The summed E-state index contributed by atoms with van der Waals surface area (Å²) in [5, 5.41) is 9.23. The molecule has 0 spiro atoms. The van der Waals surface area contributed by atoms with Gasteiger partial charge in [0, 0.05) is 13.1 Å². The van der Waals surface area contributed by atoms with Gasteiger partial charge in [-0.2, -0.15) is 5.26 Å². The summed E-state index contributed by atoms with van der Waals surface area (Å²) in [5.74, 6) is -0.490. The van der Waals surface area contributed by atoms with Gasteiger partial charge in [-0.05, 0) is 49.5 Å². The molecule has 1 aromatic rings. The average molecular weight is 272 g/mol. The van der Waals surface area contributed by atoms with Crippen molar-refractivity contribution in [2.24, 2.45) is 0 Å². The number of hydrogen-bond donors (Lipinski definition) is 0. The second kappa shape index (κ2) is 5.46. The van der Waals surface area contributed by atoms with Crippen molar-refractivity contribution in [1.29, 1.82) is 5.26 Å². The zero-order valence-corrected chi connectivity index (χ0v) is 11.7. The molecule has 0 N–H and O–H groups in total. The molecule has 1 aromatic carbocycles. The van der Waals surface area contributed by atoms with Crippen LogP contribution in [0.2, 0.25) is 0 Å². The van der Waals surface area contributed by atoms with Crippen molar-refractivity contribution in [3.05, 3.63) is 41.7 Å². The fourth-order valence-corrected chi connectivity index (χ4v) is 2.32. The van der Waals surface area contributed by atoms with Crippen LogP contribution in [0.25, 0.3) is 5.57 Å². The van der Waals surface area contributed by atoms with Crippen LogP contribution < -0.4 is 0 Å². The first-order valence-electron chi connectivity index (χ1n) is 6.62. The first kappa shape index (κ1) is 14.3. The summed E-state index contributed by atoms with van der Waals surface area (Å²) >= 11 is 0. The van der Waals surface area contributed by atoms with Crippen molar-refractivity contribution in [2.75, 3.05) is 7.05 Å². The van der Waals surface area contributed by atoms with Crippen LogP contribution in [0.3, 0.4) is 0 Å². The first-order chi connectivity index (χ1) is 9.48. The number of nitriles is 1. The third-order valence-electron chi connectivity index (χ3n) is 4.00. The number of carbonyl (C=O) groups is 1. The van der Waals surface area contributed by atoms with E-state index in [1.165, 1.54) is 23.1 Å². The van der Waals surface area contributed by atoms with E-state index in [2.05, 4.69) is 6.07 Å². The van der Waals surface area contributed by atoms with Crippen LogP contribution >= 0.6 is 0 Å². The molecule has 4 heteroatoms. The van der Waals surface area contributed by atoms with Gasteiger partial charge in [-0.3, -0.25) is 4.79 Å². The van der Waals surface area contributed by atoms with Crippen molar-refractivity contribution >= 4 is 11.5 Å². The minimum Gasteiger partial charge on any atom is -0.323 e. The van der Waals surface area contributed by atoms with E-state index in [1.807, 2.05) is 0 Å². The molecule has 1 fully saturated rings. The van der Waals surface area contributed by atoms with Crippen LogP contribution in [-0.4, -0.2) is 23.4 Å². The first-order valence-corrected chi connectivity index (χ1v) is 6.62. The maximum Gasteiger partial charge on any atom is 0.247 e. The third kappa shape index (κ3) is 2.57. The van der Waals surface area contributed by atoms with E-state index in [-0.39, 0.29) is 11.7 Å². The Labute approximate surface area is 118 Å². The van der Waals surface area contributed by atoms with E-state index >= 15 is 0 Å². The lowest BCUT2D eigenvalue weighted by atomic mass is 9.76.